The van der Waals surface area contributed by atoms with Gasteiger partial charge in [0, 0.05) is 59.4 Å². The van der Waals surface area contributed by atoms with E-state index in [9.17, 15) is 0 Å². The van der Waals surface area contributed by atoms with Crippen molar-refractivity contribution in [2.24, 2.45) is 0 Å². The first-order valence-corrected chi connectivity index (χ1v) is 14.2. The third-order valence-corrected chi connectivity index (χ3v) is 8.56. The van der Waals surface area contributed by atoms with Crippen molar-refractivity contribution < 1.29 is 4.42 Å². The average molecular weight is 533 g/mol. The van der Waals surface area contributed by atoms with E-state index in [2.05, 4.69) is 132 Å². The summed E-state index contributed by atoms with van der Waals surface area (Å²) in [5.74, 6) is 0. The van der Waals surface area contributed by atoms with Crippen molar-refractivity contribution in [2.45, 2.75) is 0 Å². The number of para-hydroxylation sites is 3. The molecule has 0 spiro atoms. The smallest absolute Gasteiger partial charge is 0.135 e. The molecule has 0 unspecified atom stereocenters. The molecular formula is C36H24N2OS. The van der Waals surface area contributed by atoms with Crippen LogP contribution in [0.1, 0.15) is 0 Å². The van der Waals surface area contributed by atoms with Crippen LogP contribution in [-0.2, 0) is 0 Å². The molecule has 8 rings (SSSR count). The Morgan fingerprint density at radius 2 is 1.07 bits per heavy atom. The summed E-state index contributed by atoms with van der Waals surface area (Å²) in [7, 11) is 0. The number of anilines is 5. The highest BCUT2D eigenvalue weighted by atomic mass is 32.1. The summed E-state index contributed by atoms with van der Waals surface area (Å²) in [4.78, 5) is 2.33. The van der Waals surface area contributed by atoms with Crippen molar-refractivity contribution in [3.63, 3.8) is 0 Å². The van der Waals surface area contributed by atoms with Gasteiger partial charge in [0.2, 0.25) is 0 Å². The Bertz CT molecular complexity index is 2150. The van der Waals surface area contributed by atoms with Gasteiger partial charge in [-0.15, -0.1) is 11.3 Å². The summed E-state index contributed by atoms with van der Waals surface area (Å²) >= 11 is 1.83. The van der Waals surface area contributed by atoms with Crippen LogP contribution < -0.4 is 10.2 Å². The Morgan fingerprint density at radius 3 is 1.90 bits per heavy atom. The van der Waals surface area contributed by atoms with Crippen LogP contribution in [0.2, 0.25) is 0 Å². The van der Waals surface area contributed by atoms with Crippen molar-refractivity contribution in [3.05, 3.63) is 140 Å². The molecule has 40 heavy (non-hydrogen) atoms. The number of furan rings is 1. The summed E-state index contributed by atoms with van der Waals surface area (Å²) in [6.07, 6.45) is 0. The zero-order valence-electron chi connectivity index (χ0n) is 21.5. The lowest BCUT2D eigenvalue weighted by molar-refractivity contribution is 0.669. The van der Waals surface area contributed by atoms with E-state index in [1.807, 2.05) is 29.5 Å². The van der Waals surface area contributed by atoms with Gasteiger partial charge in [0.15, 0.2) is 0 Å². The summed E-state index contributed by atoms with van der Waals surface area (Å²) in [6, 6.07) is 49.0. The minimum Gasteiger partial charge on any atom is -0.456 e. The van der Waals surface area contributed by atoms with E-state index in [1.54, 1.807) is 0 Å². The lowest BCUT2D eigenvalue weighted by atomic mass is 10.1. The molecule has 0 aliphatic carbocycles. The molecule has 1 N–H and O–H groups in total. The second-order valence-electron chi connectivity index (χ2n) is 9.93. The summed E-state index contributed by atoms with van der Waals surface area (Å²) in [6.45, 7) is 0. The molecule has 0 radical (unpaired) electrons. The fourth-order valence-corrected chi connectivity index (χ4v) is 6.61. The maximum atomic E-state index is 6.12. The standard InChI is InChI=1S/C36H24N2OS/c1-3-9-24(10-4-1)37-25-15-19-35-31(21-25)32-23-28(17-20-36(32)40-35)38(26-11-5-2-6-12-26)27-16-18-34-30(22-27)29-13-7-8-14-33(29)39-34/h1-23,37H. The molecule has 0 saturated heterocycles. The van der Waals surface area contributed by atoms with Crippen LogP contribution in [0.4, 0.5) is 28.4 Å². The molecule has 2 heterocycles. The number of fused-ring (bicyclic) bond motifs is 6. The van der Waals surface area contributed by atoms with Crippen LogP contribution in [0.15, 0.2) is 144 Å². The molecular weight excluding hydrogens is 508 g/mol. The first-order valence-electron chi connectivity index (χ1n) is 13.4. The Kier molecular flexibility index (Phi) is 5.32. The molecule has 4 heteroatoms. The molecule has 8 aromatic rings. The average Bonchev–Trinajstić information content (AvgIpc) is 3.56. The largest absolute Gasteiger partial charge is 0.456 e. The Balaban J connectivity index is 1.29. The van der Waals surface area contributed by atoms with Crippen LogP contribution in [0, 0.1) is 0 Å². The third kappa shape index (κ3) is 3.89. The van der Waals surface area contributed by atoms with Gasteiger partial charge in [-0.25, -0.2) is 0 Å². The molecule has 6 aromatic carbocycles. The van der Waals surface area contributed by atoms with E-state index in [-0.39, 0.29) is 0 Å². The Morgan fingerprint density at radius 1 is 0.450 bits per heavy atom. The van der Waals surface area contributed by atoms with Crippen LogP contribution in [0.25, 0.3) is 42.1 Å². The van der Waals surface area contributed by atoms with E-state index in [0.29, 0.717) is 0 Å². The normalized spacial score (nSPS) is 11.5. The number of benzene rings is 6. The predicted octanol–water partition coefficient (Wildman–Crippen LogP) is 11.2. The monoisotopic (exact) mass is 532 g/mol. The number of hydrogen-bond acceptors (Lipinski definition) is 4. The van der Waals surface area contributed by atoms with Gasteiger partial charge in [-0.05, 0) is 84.9 Å². The highest BCUT2D eigenvalue weighted by Gasteiger charge is 2.17. The molecule has 0 atom stereocenters. The summed E-state index contributed by atoms with van der Waals surface area (Å²) < 4.78 is 8.68. The quantitative estimate of drug-likeness (QED) is 0.239. The number of thiophene rings is 1. The van der Waals surface area contributed by atoms with E-state index in [0.717, 1.165) is 50.4 Å². The summed E-state index contributed by atoms with van der Waals surface area (Å²) in [5.41, 5.74) is 7.30. The molecule has 2 aromatic heterocycles. The van der Waals surface area contributed by atoms with Crippen molar-refractivity contribution in [1.82, 2.24) is 0 Å². The van der Waals surface area contributed by atoms with Gasteiger partial charge in [0.05, 0.1) is 0 Å². The minimum absolute atomic E-state index is 0.899. The lowest BCUT2D eigenvalue weighted by Gasteiger charge is -2.25. The Hall–Kier alpha value is -5.06. The second kappa shape index (κ2) is 9.30. The number of hydrogen-bond donors (Lipinski definition) is 1. The SMILES string of the molecule is c1ccc(Nc2ccc3sc4ccc(N(c5ccccc5)c5ccc6oc7ccccc7c6c5)cc4c3c2)cc1. The second-order valence-corrected chi connectivity index (χ2v) is 11.0. The number of nitrogens with one attached hydrogen (secondary N) is 1. The predicted molar refractivity (Wildman–Crippen MR) is 171 cm³/mol. The zero-order chi connectivity index (χ0) is 26.5. The van der Waals surface area contributed by atoms with Gasteiger partial charge in [0.1, 0.15) is 11.2 Å². The van der Waals surface area contributed by atoms with Gasteiger partial charge < -0.3 is 14.6 Å². The van der Waals surface area contributed by atoms with E-state index in [4.69, 9.17) is 4.42 Å². The molecule has 0 fully saturated rings. The van der Waals surface area contributed by atoms with E-state index >= 15 is 0 Å². The maximum absolute atomic E-state index is 6.12. The Labute approximate surface area is 235 Å². The molecule has 3 nitrogen and oxygen atoms in total. The highest BCUT2D eigenvalue weighted by molar-refractivity contribution is 7.25. The van der Waals surface area contributed by atoms with Gasteiger partial charge in [-0.3, -0.25) is 0 Å². The first kappa shape index (κ1) is 22.9. The fraction of sp³-hybridized carbons (Fsp3) is 0. The molecule has 0 bridgehead atoms. The molecule has 0 amide bonds. The van der Waals surface area contributed by atoms with Crippen molar-refractivity contribution in [2.75, 3.05) is 10.2 Å². The number of nitrogens with zero attached hydrogens (tertiary/aromatic N) is 1. The van der Waals surface area contributed by atoms with Crippen molar-refractivity contribution in [3.8, 4) is 0 Å². The van der Waals surface area contributed by atoms with Crippen LogP contribution in [0.3, 0.4) is 0 Å². The number of rotatable bonds is 5. The van der Waals surface area contributed by atoms with Gasteiger partial charge >= 0.3 is 0 Å². The van der Waals surface area contributed by atoms with Crippen molar-refractivity contribution in [1.29, 1.82) is 0 Å². The van der Waals surface area contributed by atoms with E-state index in [1.165, 1.54) is 20.2 Å². The lowest BCUT2D eigenvalue weighted by Crippen LogP contribution is -2.09. The third-order valence-electron chi connectivity index (χ3n) is 7.41. The van der Waals surface area contributed by atoms with E-state index < -0.39 is 0 Å². The highest BCUT2D eigenvalue weighted by Crippen LogP contribution is 2.42. The zero-order valence-corrected chi connectivity index (χ0v) is 22.4. The van der Waals surface area contributed by atoms with Gasteiger partial charge in [0.25, 0.3) is 0 Å². The summed E-state index contributed by atoms with van der Waals surface area (Å²) in [5, 5.41) is 8.31. The van der Waals surface area contributed by atoms with Gasteiger partial charge in [-0.1, -0.05) is 54.6 Å². The molecule has 0 aliphatic heterocycles. The topological polar surface area (TPSA) is 28.4 Å². The fourth-order valence-electron chi connectivity index (χ4n) is 5.55. The van der Waals surface area contributed by atoms with Crippen LogP contribution >= 0.6 is 11.3 Å². The maximum Gasteiger partial charge on any atom is 0.135 e. The molecule has 190 valence electrons. The van der Waals surface area contributed by atoms with Crippen LogP contribution in [0.5, 0.6) is 0 Å². The van der Waals surface area contributed by atoms with Crippen molar-refractivity contribution >= 4 is 81.9 Å². The minimum atomic E-state index is 0.899. The van der Waals surface area contributed by atoms with Crippen LogP contribution in [-0.4, -0.2) is 0 Å². The molecule has 0 saturated carbocycles. The first-order chi connectivity index (χ1) is 19.8. The van der Waals surface area contributed by atoms with Gasteiger partial charge in [-0.2, -0.15) is 0 Å². The molecule has 0 aliphatic rings.